The average molecular weight is 273 g/mol. The highest BCUT2D eigenvalue weighted by Crippen LogP contribution is 2.15. The van der Waals surface area contributed by atoms with E-state index in [1.54, 1.807) is 12.4 Å². The molecule has 2 aromatic rings. The van der Waals surface area contributed by atoms with Crippen LogP contribution in [0.4, 0.5) is 5.69 Å². The zero-order valence-electron chi connectivity index (χ0n) is 11.7. The Bertz CT molecular complexity index is 605. The van der Waals surface area contributed by atoms with E-state index in [1.165, 1.54) is 0 Å². The van der Waals surface area contributed by atoms with Crippen LogP contribution < -0.4 is 11.1 Å². The third kappa shape index (κ3) is 2.96. The molecule has 0 saturated carbocycles. The van der Waals surface area contributed by atoms with Crippen molar-refractivity contribution in [2.45, 2.75) is 33.2 Å². The van der Waals surface area contributed by atoms with E-state index in [1.807, 2.05) is 19.9 Å². The topological polar surface area (TPSA) is 96.7 Å². The molecule has 0 aliphatic heterocycles. The summed E-state index contributed by atoms with van der Waals surface area (Å²) in [5.74, 6) is -0.266. The molecule has 0 spiro atoms. The lowest BCUT2D eigenvalue weighted by Gasteiger charge is -2.06. The van der Waals surface area contributed by atoms with Crippen LogP contribution in [0.1, 0.15) is 40.7 Å². The van der Waals surface area contributed by atoms with Crippen molar-refractivity contribution in [2.75, 3.05) is 5.73 Å². The van der Waals surface area contributed by atoms with Gasteiger partial charge in [0, 0.05) is 18.9 Å². The van der Waals surface area contributed by atoms with Gasteiger partial charge in [0.25, 0.3) is 5.91 Å². The number of pyridine rings is 1. The van der Waals surface area contributed by atoms with Crippen molar-refractivity contribution < 1.29 is 4.79 Å². The lowest BCUT2D eigenvalue weighted by Crippen LogP contribution is -2.24. The number of anilines is 1. The molecule has 0 atom stereocenters. The minimum Gasteiger partial charge on any atom is -0.395 e. The van der Waals surface area contributed by atoms with Crippen LogP contribution in [0.5, 0.6) is 0 Å². The Hall–Kier alpha value is -2.37. The molecule has 2 aromatic heterocycles. The van der Waals surface area contributed by atoms with E-state index >= 15 is 0 Å². The summed E-state index contributed by atoms with van der Waals surface area (Å²) < 4.78 is 0. The van der Waals surface area contributed by atoms with Crippen molar-refractivity contribution in [3.8, 4) is 0 Å². The minimum atomic E-state index is -0.266. The maximum atomic E-state index is 12.1. The van der Waals surface area contributed by atoms with E-state index < -0.39 is 0 Å². The molecule has 1 amide bonds. The van der Waals surface area contributed by atoms with Gasteiger partial charge in [-0.05, 0) is 30.5 Å². The van der Waals surface area contributed by atoms with Crippen LogP contribution in [-0.4, -0.2) is 21.1 Å². The van der Waals surface area contributed by atoms with Crippen LogP contribution in [-0.2, 0) is 13.0 Å². The Labute approximate surface area is 117 Å². The highest BCUT2D eigenvalue weighted by Gasteiger charge is 2.16. The van der Waals surface area contributed by atoms with Crippen molar-refractivity contribution in [2.24, 2.45) is 0 Å². The maximum Gasteiger partial charge on any atom is 0.274 e. The van der Waals surface area contributed by atoms with Crippen LogP contribution in [0, 0.1) is 6.92 Å². The van der Waals surface area contributed by atoms with Crippen molar-refractivity contribution in [3.05, 3.63) is 41.0 Å². The maximum absolute atomic E-state index is 12.1. The Kier molecular flexibility index (Phi) is 4.34. The summed E-state index contributed by atoms with van der Waals surface area (Å²) in [4.78, 5) is 16.1. The average Bonchev–Trinajstić information content (AvgIpc) is 2.80. The summed E-state index contributed by atoms with van der Waals surface area (Å²) in [6.07, 6.45) is 5.21. The van der Waals surface area contributed by atoms with Crippen molar-refractivity contribution in [3.63, 3.8) is 0 Å². The lowest BCUT2D eigenvalue weighted by atomic mass is 10.1. The van der Waals surface area contributed by atoms with E-state index in [0.29, 0.717) is 12.2 Å². The normalized spacial score (nSPS) is 10.5. The number of amides is 1. The first-order chi connectivity index (χ1) is 9.63. The third-order valence-corrected chi connectivity index (χ3v) is 3.17. The Morgan fingerprint density at radius 1 is 1.50 bits per heavy atom. The fourth-order valence-corrected chi connectivity index (χ4v) is 1.96. The van der Waals surface area contributed by atoms with Gasteiger partial charge >= 0.3 is 0 Å². The van der Waals surface area contributed by atoms with Gasteiger partial charge < -0.3 is 11.1 Å². The number of hydrogen-bond acceptors (Lipinski definition) is 4. The number of aromatic nitrogens is 3. The zero-order chi connectivity index (χ0) is 14.5. The van der Waals surface area contributed by atoms with E-state index in [2.05, 4.69) is 20.5 Å². The molecule has 106 valence electrons. The molecular formula is C14H19N5O. The van der Waals surface area contributed by atoms with E-state index in [-0.39, 0.29) is 11.6 Å². The number of aromatic amines is 1. The molecule has 0 fully saturated rings. The van der Waals surface area contributed by atoms with Gasteiger partial charge in [-0.1, -0.05) is 13.3 Å². The zero-order valence-corrected chi connectivity index (χ0v) is 11.7. The smallest absolute Gasteiger partial charge is 0.274 e. The molecule has 2 rings (SSSR count). The molecule has 0 bridgehead atoms. The highest BCUT2D eigenvalue weighted by molar-refractivity contribution is 5.97. The summed E-state index contributed by atoms with van der Waals surface area (Å²) in [6, 6.07) is 1.88. The number of hydrogen-bond donors (Lipinski definition) is 3. The van der Waals surface area contributed by atoms with Crippen LogP contribution in [0.25, 0.3) is 0 Å². The van der Waals surface area contributed by atoms with Gasteiger partial charge in [-0.2, -0.15) is 5.10 Å². The summed E-state index contributed by atoms with van der Waals surface area (Å²) in [7, 11) is 0. The standard InChI is InChI=1S/C14H19N5O/c1-3-4-11-12(15)13(19-18-11)14(20)17-8-10-5-6-16-7-9(10)2/h5-7H,3-4,8,15H2,1-2H3,(H,17,20)(H,18,19). The first-order valence-electron chi connectivity index (χ1n) is 6.63. The second-order valence-corrected chi connectivity index (χ2v) is 4.70. The van der Waals surface area contributed by atoms with Crippen molar-refractivity contribution in [1.82, 2.24) is 20.5 Å². The van der Waals surface area contributed by atoms with Gasteiger partial charge in [0.2, 0.25) is 0 Å². The second-order valence-electron chi connectivity index (χ2n) is 4.70. The van der Waals surface area contributed by atoms with Gasteiger partial charge in [0.1, 0.15) is 0 Å². The molecule has 0 unspecified atom stereocenters. The fourth-order valence-electron chi connectivity index (χ4n) is 1.96. The monoisotopic (exact) mass is 273 g/mol. The van der Waals surface area contributed by atoms with Crippen LogP contribution in [0.15, 0.2) is 18.5 Å². The molecule has 4 N–H and O–H groups in total. The second kappa shape index (κ2) is 6.18. The number of nitrogens with one attached hydrogen (secondary N) is 2. The summed E-state index contributed by atoms with van der Waals surface area (Å²) in [6.45, 7) is 4.44. The first-order valence-corrected chi connectivity index (χ1v) is 6.63. The number of carbonyl (C=O) groups is 1. The van der Waals surface area contributed by atoms with Gasteiger partial charge in [-0.25, -0.2) is 0 Å². The van der Waals surface area contributed by atoms with Gasteiger partial charge in [0.05, 0.1) is 11.4 Å². The van der Waals surface area contributed by atoms with Crippen LogP contribution >= 0.6 is 0 Å². The Morgan fingerprint density at radius 3 is 3.00 bits per heavy atom. The number of nitrogen functional groups attached to an aromatic ring is 1. The number of H-pyrrole nitrogens is 1. The quantitative estimate of drug-likeness (QED) is 0.770. The van der Waals surface area contributed by atoms with Crippen molar-refractivity contribution >= 4 is 11.6 Å². The molecule has 20 heavy (non-hydrogen) atoms. The Balaban J connectivity index is 2.04. The van der Waals surface area contributed by atoms with Gasteiger partial charge in [-0.15, -0.1) is 0 Å². The first kappa shape index (κ1) is 14.0. The molecule has 0 radical (unpaired) electrons. The van der Waals surface area contributed by atoms with E-state index in [4.69, 9.17) is 5.73 Å². The van der Waals surface area contributed by atoms with Crippen LogP contribution in [0.3, 0.4) is 0 Å². The number of aryl methyl sites for hydroxylation is 2. The fraction of sp³-hybridized carbons (Fsp3) is 0.357. The van der Waals surface area contributed by atoms with E-state index in [9.17, 15) is 4.79 Å². The number of nitrogens with two attached hydrogens (primary N) is 1. The minimum absolute atomic E-state index is 0.264. The molecule has 0 aliphatic rings. The molecule has 2 heterocycles. The molecular weight excluding hydrogens is 254 g/mol. The number of rotatable bonds is 5. The van der Waals surface area contributed by atoms with E-state index in [0.717, 1.165) is 29.7 Å². The highest BCUT2D eigenvalue weighted by atomic mass is 16.1. The lowest BCUT2D eigenvalue weighted by molar-refractivity contribution is 0.0946. The van der Waals surface area contributed by atoms with Gasteiger partial charge in [-0.3, -0.25) is 14.9 Å². The Morgan fingerprint density at radius 2 is 2.30 bits per heavy atom. The molecule has 6 heteroatoms. The van der Waals surface area contributed by atoms with Crippen LogP contribution in [0.2, 0.25) is 0 Å². The largest absolute Gasteiger partial charge is 0.395 e. The summed E-state index contributed by atoms with van der Waals surface area (Å²) in [5, 5.41) is 9.64. The number of nitrogens with zero attached hydrogens (tertiary/aromatic N) is 2. The van der Waals surface area contributed by atoms with Crippen molar-refractivity contribution in [1.29, 1.82) is 0 Å². The SMILES string of the molecule is CCCc1[nH]nc(C(=O)NCc2ccncc2C)c1N. The predicted molar refractivity (Wildman–Crippen MR) is 77.1 cm³/mol. The summed E-state index contributed by atoms with van der Waals surface area (Å²) >= 11 is 0. The summed E-state index contributed by atoms with van der Waals surface area (Å²) in [5.41, 5.74) is 9.51. The molecule has 0 aromatic carbocycles. The molecule has 6 nitrogen and oxygen atoms in total. The van der Waals surface area contributed by atoms with Gasteiger partial charge in [0.15, 0.2) is 5.69 Å². The number of carbonyl (C=O) groups excluding carboxylic acids is 1. The molecule has 0 saturated heterocycles. The predicted octanol–water partition coefficient (Wildman–Crippen LogP) is 1.58. The third-order valence-electron chi connectivity index (χ3n) is 3.17. The molecule has 0 aliphatic carbocycles.